The zero-order valence-electron chi connectivity index (χ0n) is 7.63. The van der Waals surface area contributed by atoms with Crippen LogP contribution in [0.4, 0.5) is 0 Å². The number of nitrogens with zero attached hydrogens (tertiary/aromatic N) is 1. The van der Waals surface area contributed by atoms with Crippen LogP contribution in [-0.4, -0.2) is 9.97 Å². The second-order valence-electron chi connectivity index (χ2n) is 3.47. The summed E-state index contributed by atoms with van der Waals surface area (Å²) in [5.74, 6) is 0.521. The van der Waals surface area contributed by atoms with Crippen molar-refractivity contribution in [2.45, 2.75) is 19.8 Å². The van der Waals surface area contributed by atoms with Crippen molar-refractivity contribution in [2.75, 3.05) is 0 Å². The van der Waals surface area contributed by atoms with E-state index in [1.807, 2.05) is 12.3 Å². The highest BCUT2D eigenvalue weighted by molar-refractivity contribution is 9.10. The van der Waals surface area contributed by atoms with E-state index in [1.54, 1.807) is 0 Å². The molecule has 1 N–H and O–H groups in total. The third-order valence-corrected chi connectivity index (χ3v) is 2.51. The maximum absolute atomic E-state index is 4.31. The molecule has 0 aliphatic carbocycles. The zero-order chi connectivity index (χ0) is 9.42. The van der Waals surface area contributed by atoms with E-state index in [-0.39, 0.29) is 0 Å². The van der Waals surface area contributed by atoms with Crippen LogP contribution in [0.15, 0.2) is 22.8 Å². The monoisotopic (exact) mass is 238 g/mol. The van der Waals surface area contributed by atoms with Crippen LogP contribution < -0.4 is 0 Å². The molecule has 3 heteroatoms. The Morgan fingerprint density at radius 2 is 2.15 bits per heavy atom. The summed E-state index contributed by atoms with van der Waals surface area (Å²) < 4.78 is 1.01. The largest absolute Gasteiger partial charge is 0.357 e. The van der Waals surface area contributed by atoms with Crippen LogP contribution in [0, 0.1) is 0 Å². The van der Waals surface area contributed by atoms with Gasteiger partial charge in [-0.2, -0.15) is 0 Å². The van der Waals surface area contributed by atoms with E-state index in [0.717, 1.165) is 15.5 Å². The average molecular weight is 239 g/mol. The highest BCUT2D eigenvalue weighted by Crippen LogP contribution is 2.21. The Morgan fingerprint density at radius 3 is 2.85 bits per heavy atom. The predicted molar refractivity (Wildman–Crippen MR) is 57.9 cm³/mol. The number of hydrogen-bond donors (Lipinski definition) is 1. The molecule has 0 saturated heterocycles. The molecule has 0 aromatic carbocycles. The molecule has 2 nitrogen and oxygen atoms in total. The smallest absolute Gasteiger partial charge is 0.0882 e. The van der Waals surface area contributed by atoms with E-state index < -0.39 is 0 Å². The third kappa shape index (κ3) is 1.61. The van der Waals surface area contributed by atoms with Crippen molar-refractivity contribution in [3.8, 4) is 0 Å². The first-order valence-corrected chi connectivity index (χ1v) is 5.10. The van der Waals surface area contributed by atoms with Gasteiger partial charge < -0.3 is 4.98 Å². The Hall–Kier alpha value is -0.830. The molecule has 0 amide bonds. The fourth-order valence-corrected chi connectivity index (χ4v) is 1.65. The fourth-order valence-electron chi connectivity index (χ4n) is 1.31. The number of halogens is 1. The van der Waals surface area contributed by atoms with Crippen LogP contribution in [0.1, 0.15) is 25.5 Å². The highest BCUT2D eigenvalue weighted by atomic mass is 79.9. The summed E-state index contributed by atoms with van der Waals surface area (Å²) in [7, 11) is 0. The van der Waals surface area contributed by atoms with E-state index in [2.05, 4.69) is 45.8 Å². The Kier molecular flexibility index (Phi) is 2.12. The van der Waals surface area contributed by atoms with Gasteiger partial charge in [0.1, 0.15) is 0 Å². The summed E-state index contributed by atoms with van der Waals surface area (Å²) in [5, 5.41) is 0. The molecule has 2 aromatic heterocycles. The van der Waals surface area contributed by atoms with Crippen molar-refractivity contribution in [1.29, 1.82) is 0 Å². The molecule has 68 valence electrons. The number of aromatic nitrogens is 2. The van der Waals surface area contributed by atoms with Gasteiger partial charge in [-0.25, -0.2) is 0 Å². The third-order valence-electron chi connectivity index (χ3n) is 2.08. The van der Waals surface area contributed by atoms with Gasteiger partial charge in [0.2, 0.25) is 0 Å². The maximum atomic E-state index is 4.31. The molecule has 0 saturated carbocycles. The SMILES string of the molecule is CC(C)c1cc2ncc(Br)cc2[nH]1. The summed E-state index contributed by atoms with van der Waals surface area (Å²) in [4.78, 5) is 7.65. The molecular weight excluding hydrogens is 228 g/mol. The standard InChI is InChI=1S/C10H11BrN2/c1-6(2)8-4-9-10(13-8)3-7(11)5-12-9/h3-6,13H,1-2H3. The first-order chi connectivity index (χ1) is 6.16. The Morgan fingerprint density at radius 1 is 1.38 bits per heavy atom. The summed E-state index contributed by atoms with van der Waals surface area (Å²) in [6.07, 6.45) is 1.82. The fraction of sp³-hybridized carbons (Fsp3) is 0.300. The van der Waals surface area contributed by atoms with E-state index in [9.17, 15) is 0 Å². The number of nitrogens with one attached hydrogen (secondary N) is 1. The van der Waals surface area contributed by atoms with E-state index in [0.29, 0.717) is 5.92 Å². The van der Waals surface area contributed by atoms with Crippen molar-refractivity contribution in [1.82, 2.24) is 9.97 Å². The van der Waals surface area contributed by atoms with E-state index in [1.165, 1.54) is 5.69 Å². The number of hydrogen-bond acceptors (Lipinski definition) is 1. The van der Waals surface area contributed by atoms with Crippen molar-refractivity contribution in [2.24, 2.45) is 0 Å². The van der Waals surface area contributed by atoms with Crippen molar-refractivity contribution < 1.29 is 0 Å². The molecule has 0 unspecified atom stereocenters. The summed E-state index contributed by atoms with van der Waals surface area (Å²) >= 11 is 3.40. The molecule has 0 aliphatic rings. The molecule has 0 atom stereocenters. The minimum Gasteiger partial charge on any atom is -0.357 e. The quantitative estimate of drug-likeness (QED) is 0.811. The number of fused-ring (bicyclic) bond motifs is 1. The van der Waals surface area contributed by atoms with Crippen LogP contribution in [0.2, 0.25) is 0 Å². The van der Waals surface area contributed by atoms with Gasteiger partial charge in [0, 0.05) is 16.4 Å². The van der Waals surface area contributed by atoms with Crippen molar-refractivity contribution >= 4 is 27.0 Å². The van der Waals surface area contributed by atoms with Crippen LogP contribution in [0.5, 0.6) is 0 Å². The van der Waals surface area contributed by atoms with Gasteiger partial charge in [0.15, 0.2) is 0 Å². The first kappa shape index (κ1) is 8.75. The highest BCUT2D eigenvalue weighted by Gasteiger charge is 2.04. The molecule has 0 bridgehead atoms. The van der Waals surface area contributed by atoms with Gasteiger partial charge >= 0.3 is 0 Å². The minimum atomic E-state index is 0.521. The molecular formula is C10H11BrN2. The normalized spacial score (nSPS) is 11.4. The molecule has 2 rings (SSSR count). The lowest BCUT2D eigenvalue weighted by molar-refractivity contribution is 0.836. The zero-order valence-corrected chi connectivity index (χ0v) is 9.22. The number of H-pyrrole nitrogens is 1. The van der Waals surface area contributed by atoms with Gasteiger partial charge in [0.25, 0.3) is 0 Å². The molecule has 0 spiro atoms. The summed E-state index contributed by atoms with van der Waals surface area (Å²) in [5.41, 5.74) is 3.37. The molecule has 0 aliphatic heterocycles. The van der Waals surface area contributed by atoms with Gasteiger partial charge in [0.05, 0.1) is 11.0 Å². The molecule has 13 heavy (non-hydrogen) atoms. The molecule has 2 heterocycles. The molecule has 2 aromatic rings. The number of pyridine rings is 1. The second kappa shape index (κ2) is 3.14. The van der Waals surface area contributed by atoms with Crippen molar-refractivity contribution in [3.05, 3.63) is 28.5 Å². The summed E-state index contributed by atoms with van der Waals surface area (Å²) in [6, 6.07) is 4.15. The van der Waals surface area contributed by atoms with Gasteiger partial charge in [-0.05, 0) is 34.0 Å². The Balaban J connectivity index is 2.62. The van der Waals surface area contributed by atoms with Gasteiger partial charge in [-0.15, -0.1) is 0 Å². The minimum absolute atomic E-state index is 0.521. The molecule has 0 radical (unpaired) electrons. The van der Waals surface area contributed by atoms with Gasteiger partial charge in [-0.1, -0.05) is 13.8 Å². The van der Waals surface area contributed by atoms with Crippen LogP contribution in [0.3, 0.4) is 0 Å². The summed E-state index contributed by atoms with van der Waals surface area (Å²) in [6.45, 7) is 4.33. The first-order valence-electron chi connectivity index (χ1n) is 4.31. The van der Waals surface area contributed by atoms with E-state index >= 15 is 0 Å². The van der Waals surface area contributed by atoms with Crippen LogP contribution >= 0.6 is 15.9 Å². The van der Waals surface area contributed by atoms with Gasteiger partial charge in [-0.3, -0.25) is 4.98 Å². The second-order valence-corrected chi connectivity index (χ2v) is 4.38. The Labute approximate surface area is 85.5 Å². The lowest BCUT2D eigenvalue weighted by Gasteiger charge is -1.97. The number of rotatable bonds is 1. The number of aromatic amines is 1. The lowest BCUT2D eigenvalue weighted by Crippen LogP contribution is -1.84. The predicted octanol–water partition coefficient (Wildman–Crippen LogP) is 3.45. The van der Waals surface area contributed by atoms with Crippen molar-refractivity contribution in [3.63, 3.8) is 0 Å². The van der Waals surface area contributed by atoms with Crippen LogP contribution in [-0.2, 0) is 0 Å². The molecule has 0 fully saturated rings. The maximum Gasteiger partial charge on any atom is 0.0882 e. The average Bonchev–Trinajstić information content (AvgIpc) is 2.46. The van der Waals surface area contributed by atoms with E-state index in [4.69, 9.17) is 0 Å². The van der Waals surface area contributed by atoms with Crippen LogP contribution in [0.25, 0.3) is 11.0 Å². The Bertz CT molecular complexity index is 431. The topological polar surface area (TPSA) is 28.7 Å². The lowest BCUT2D eigenvalue weighted by atomic mass is 10.1.